The zero-order valence-electron chi connectivity index (χ0n) is 19.7. The summed E-state index contributed by atoms with van der Waals surface area (Å²) in [5.74, 6) is -0.856. The van der Waals surface area contributed by atoms with Gasteiger partial charge in [-0.15, -0.1) is 0 Å². The van der Waals surface area contributed by atoms with Crippen molar-refractivity contribution in [1.82, 2.24) is 14.1 Å². The van der Waals surface area contributed by atoms with Gasteiger partial charge in [0.05, 0.1) is 4.90 Å². The number of carbonyl (C=O) groups is 2. The molecule has 1 saturated heterocycles. The zero-order valence-corrected chi connectivity index (χ0v) is 20.5. The van der Waals surface area contributed by atoms with Crippen LogP contribution in [0.5, 0.6) is 0 Å². The number of aryl methyl sites for hydroxylation is 2. The average molecular weight is 486 g/mol. The molecule has 9 heteroatoms. The standard InChI is InChI=1S/C25H28FN3O4S/c1-16(2)27-15-23-28(34(32,33)22-13-17(3)5-6-18(22)4)12-11-24(30)29(23)21(25(27)31)14-19-7-9-20(26)10-8-19/h5-10,13,15-16,21H,11-12,14H2,1-4H3. The molecule has 1 unspecified atom stereocenters. The number of benzene rings is 2. The first-order valence-electron chi connectivity index (χ1n) is 11.2. The third kappa shape index (κ3) is 4.20. The number of hydrogen-bond donors (Lipinski definition) is 0. The van der Waals surface area contributed by atoms with Gasteiger partial charge in [-0.3, -0.25) is 14.5 Å². The summed E-state index contributed by atoms with van der Waals surface area (Å²) in [5, 5.41) is 0. The van der Waals surface area contributed by atoms with Crippen molar-refractivity contribution in [2.45, 2.75) is 57.5 Å². The van der Waals surface area contributed by atoms with Gasteiger partial charge >= 0.3 is 0 Å². The molecule has 180 valence electrons. The third-order valence-corrected chi connectivity index (χ3v) is 8.16. The summed E-state index contributed by atoms with van der Waals surface area (Å²) < 4.78 is 42.2. The molecule has 2 aliphatic heterocycles. The Balaban J connectivity index is 1.82. The molecule has 0 bridgehead atoms. The smallest absolute Gasteiger partial charge is 0.265 e. The van der Waals surface area contributed by atoms with E-state index in [0.29, 0.717) is 11.1 Å². The van der Waals surface area contributed by atoms with Crippen molar-refractivity contribution in [1.29, 1.82) is 0 Å². The van der Waals surface area contributed by atoms with Gasteiger partial charge in [0.25, 0.3) is 10.0 Å². The molecule has 0 radical (unpaired) electrons. The van der Waals surface area contributed by atoms with Gasteiger partial charge < -0.3 is 4.90 Å². The average Bonchev–Trinajstić information content (AvgIpc) is 2.78. The van der Waals surface area contributed by atoms with Gasteiger partial charge in [-0.05, 0) is 62.6 Å². The Kier molecular flexibility index (Phi) is 6.24. The van der Waals surface area contributed by atoms with Crippen LogP contribution in [0, 0.1) is 19.7 Å². The molecule has 4 rings (SSSR count). The lowest BCUT2D eigenvalue weighted by atomic mass is 10.00. The second kappa shape index (κ2) is 8.87. The Morgan fingerprint density at radius 1 is 1.06 bits per heavy atom. The molecule has 2 aliphatic rings. The van der Waals surface area contributed by atoms with Crippen LogP contribution in [0.2, 0.25) is 0 Å². The molecule has 2 heterocycles. The van der Waals surface area contributed by atoms with Gasteiger partial charge in [0.2, 0.25) is 11.8 Å². The second-order valence-corrected chi connectivity index (χ2v) is 10.9. The normalized spacial score (nSPS) is 18.9. The number of sulfonamides is 1. The number of amides is 2. The highest BCUT2D eigenvalue weighted by Crippen LogP contribution is 2.34. The molecule has 0 aromatic heterocycles. The molecule has 1 fully saturated rings. The minimum absolute atomic E-state index is 0.0136. The molecule has 0 spiro atoms. The number of carbonyl (C=O) groups excluding carboxylic acids is 2. The predicted molar refractivity (Wildman–Crippen MR) is 125 cm³/mol. The molecule has 34 heavy (non-hydrogen) atoms. The van der Waals surface area contributed by atoms with E-state index in [0.717, 1.165) is 5.56 Å². The van der Waals surface area contributed by atoms with Crippen molar-refractivity contribution < 1.29 is 22.4 Å². The number of halogens is 1. The number of fused-ring (bicyclic) bond motifs is 1. The quantitative estimate of drug-likeness (QED) is 0.651. The highest BCUT2D eigenvalue weighted by molar-refractivity contribution is 7.89. The summed E-state index contributed by atoms with van der Waals surface area (Å²) in [4.78, 5) is 29.4. The van der Waals surface area contributed by atoms with Gasteiger partial charge in [0, 0.05) is 31.6 Å². The zero-order chi connectivity index (χ0) is 24.8. The summed E-state index contributed by atoms with van der Waals surface area (Å²) in [6, 6.07) is 9.78. The van der Waals surface area contributed by atoms with E-state index < -0.39 is 21.9 Å². The monoisotopic (exact) mass is 485 g/mol. The van der Waals surface area contributed by atoms with E-state index in [4.69, 9.17) is 0 Å². The number of nitrogens with zero attached hydrogens (tertiary/aromatic N) is 3. The molecule has 1 atom stereocenters. The Hall–Kier alpha value is -3.20. The van der Waals surface area contributed by atoms with Crippen molar-refractivity contribution in [3.05, 3.63) is 77.0 Å². The topological polar surface area (TPSA) is 78.0 Å². The molecule has 2 amide bonds. The second-order valence-electron chi connectivity index (χ2n) is 9.03. The van der Waals surface area contributed by atoms with Gasteiger partial charge in [-0.25, -0.2) is 17.1 Å². The maximum absolute atomic E-state index is 13.8. The summed E-state index contributed by atoms with van der Waals surface area (Å²) >= 11 is 0. The minimum atomic E-state index is -3.99. The lowest BCUT2D eigenvalue weighted by Crippen LogP contribution is -2.61. The van der Waals surface area contributed by atoms with E-state index in [1.165, 1.54) is 32.4 Å². The van der Waals surface area contributed by atoms with E-state index in [1.807, 2.05) is 26.8 Å². The van der Waals surface area contributed by atoms with E-state index in [-0.39, 0.29) is 48.0 Å². The Labute approximate surface area is 199 Å². The van der Waals surface area contributed by atoms with Crippen LogP contribution in [0.3, 0.4) is 0 Å². The fourth-order valence-electron chi connectivity index (χ4n) is 4.38. The maximum atomic E-state index is 13.8. The van der Waals surface area contributed by atoms with Crippen molar-refractivity contribution in [2.75, 3.05) is 6.54 Å². The maximum Gasteiger partial charge on any atom is 0.265 e. The van der Waals surface area contributed by atoms with E-state index in [9.17, 15) is 22.4 Å². The summed E-state index contributed by atoms with van der Waals surface area (Å²) in [7, 11) is -3.99. The van der Waals surface area contributed by atoms with Crippen molar-refractivity contribution in [2.24, 2.45) is 0 Å². The first-order chi connectivity index (χ1) is 16.0. The number of rotatable bonds is 5. The highest BCUT2D eigenvalue weighted by atomic mass is 32.2. The van der Waals surface area contributed by atoms with Crippen molar-refractivity contribution in [3.8, 4) is 0 Å². The lowest BCUT2D eigenvalue weighted by Gasteiger charge is -2.47. The molecule has 2 aromatic carbocycles. The first kappa shape index (κ1) is 23.9. The van der Waals surface area contributed by atoms with Crippen molar-refractivity contribution >= 4 is 21.8 Å². The largest absolute Gasteiger partial charge is 0.311 e. The summed E-state index contributed by atoms with van der Waals surface area (Å²) in [5.41, 5.74) is 2.08. The van der Waals surface area contributed by atoms with Crippen molar-refractivity contribution in [3.63, 3.8) is 0 Å². The lowest BCUT2D eigenvalue weighted by molar-refractivity contribution is -0.148. The van der Waals surface area contributed by atoms with Gasteiger partial charge in [0.1, 0.15) is 17.7 Å². The Morgan fingerprint density at radius 2 is 1.74 bits per heavy atom. The van der Waals surface area contributed by atoms with Crippen LogP contribution in [-0.2, 0) is 26.0 Å². The minimum Gasteiger partial charge on any atom is -0.311 e. The van der Waals surface area contributed by atoms with Crippen LogP contribution in [0.4, 0.5) is 4.39 Å². The SMILES string of the molecule is Cc1ccc(C)c(S(=O)(=O)N2CCC(=O)N3C2=CN(C(C)C)C(=O)C3Cc2ccc(F)cc2)c1. The summed E-state index contributed by atoms with van der Waals surface area (Å²) in [6.07, 6.45) is 1.56. The molecule has 2 aromatic rings. The molecular formula is C25H28FN3O4S. The Bertz CT molecular complexity index is 1270. The fourth-order valence-corrected chi connectivity index (χ4v) is 6.14. The van der Waals surface area contributed by atoms with Gasteiger partial charge in [-0.2, -0.15) is 0 Å². The van der Waals surface area contributed by atoms with Crippen LogP contribution >= 0.6 is 0 Å². The van der Waals surface area contributed by atoms with Gasteiger partial charge in [0.15, 0.2) is 0 Å². The van der Waals surface area contributed by atoms with Crippen LogP contribution in [0.25, 0.3) is 0 Å². The van der Waals surface area contributed by atoms with Gasteiger partial charge in [-0.1, -0.05) is 24.3 Å². The molecule has 7 nitrogen and oxygen atoms in total. The van der Waals surface area contributed by atoms with E-state index >= 15 is 0 Å². The molecule has 0 N–H and O–H groups in total. The molecule has 0 aliphatic carbocycles. The van der Waals surface area contributed by atoms with E-state index in [1.54, 1.807) is 31.2 Å². The molecule has 0 saturated carbocycles. The van der Waals surface area contributed by atoms with Crippen LogP contribution < -0.4 is 0 Å². The summed E-state index contributed by atoms with van der Waals surface area (Å²) in [6.45, 7) is 7.19. The number of hydrogen-bond acceptors (Lipinski definition) is 4. The molecular weight excluding hydrogens is 457 g/mol. The van der Waals surface area contributed by atoms with Crippen LogP contribution in [0.15, 0.2) is 59.4 Å². The fraction of sp³-hybridized carbons (Fsp3) is 0.360. The first-order valence-corrected chi connectivity index (χ1v) is 12.6. The van der Waals surface area contributed by atoms with E-state index in [2.05, 4.69) is 0 Å². The third-order valence-electron chi connectivity index (χ3n) is 6.22. The van der Waals surface area contributed by atoms with Crippen LogP contribution in [0.1, 0.15) is 37.0 Å². The van der Waals surface area contributed by atoms with Crippen LogP contribution in [-0.4, -0.2) is 53.0 Å². The highest BCUT2D eigenvalue weighted by Gasteiger charge is 2.46. The Morgan fingerprint density at radius 3 is 2.38 bits per heavy atom. The predicted octanol–water partition coefficient (Wildman–Crippen LogP) is 3.33.